The summed E-state index contributed by atoms with van der Waals surface area (Å²) in [6, 6.07) is 6.99. The van der Waals surface area contributed by atoms with Gasteiger partial charge in [0.1, 0.15) is 0 Å². The first kappa shape index (κ1) is 15.1. The second kappa shape index (κ2) is 7.51. The average Bonchev–Trinajstić information content (AvgIpc) is 2.61. The van der Waals surface area contributed by atoms with Gasteiger partial charge >= 0.3 is 0 Å². The first-order chi connectivity index (χ1) is 9.15. The Labute approximate surface area is 129 Å². The number of hydrogen-bond donors (Lipinski definition) is 2. The van der Waals surface area contributed by atoms with E-state index in [1.165, 1.54) is 32.2 Å². The molecule has 2 nitrogen and oxygen atoms in total. The fourth-order valence-corrected chi connectivity index (χ4v) is 3.46. The lowest BCUT2D eigenvalue weighted by Gasteiger charge is -2.22. The molecule has 1 aromatic carbocycles. The van der Waals surface area contributed by atoms with Gasteiger partial charge in [-0.15, -0.1) is 0 Å². The minimum Gasteiger partial charge on any atom is -0.382 e. The summed E-state index contributed by atoms with van der Waals surface area (Å²) < 4.78 is 1.03. The molecule has 2 atom stereocenters. The Hall–Kier alpha value is -0.250. The number of rotatable bonds is 4. The van der Waals surface area contributed by atoms with Gasteiger partial charge in [0.15, 0.2) is 0 Å². The quantitative estimate of drug-likeness (QED) is 0.817. The third-order valence-electron chi connectivity index (χ3n) is 3.63. The van der Waals surface area contributed by atoms with E-state index in [2.05, 4.69) is 33.5 Å². The highest BCUT2D eigenvalue weighted by atomic mass is 79.9. The Balaban J connectivity index is 1.87. The normalized spacial score (nSPS) is 21.7. The average molecular weight is 346 g/mol. The fourth-order valence-electron chi connectivity index (χ4n) is 2.66. The highest BCUT2D eigenvalue weighted by Crippen LogP contribution is 2.27. The predicted molar refractivity (Wildman–Crippen MR) is 87.1 cm³/mol. The van der Waals surface area contributed by atoms with Crippen molar-refractivity contribution in [2.75, 3.05) is 11.9 Å². The van der Waals surface area contributed by atoms with E-state index in [1.807, 2.05) is 18.2 Å². The number of hydrogen-bond acceptors (Lipinski definition) is 2. The lowest BCUT2D eigenvalue weighted by molar-refractivity contribution is 0.456. The van der Waals surface area contributed by atoms with Gasteiger partial charge in [0.25, 0.3) is 0 Å². The minimum absolute atomic E-state index is 0.452. The van der Waals surface area contributed by atoms with E-state index in [-0.39, 0.29) is 0 Å². The fraction of sp³-hybridized carbons (Fsp3) is 0.600. The van der Waals surface area contributed by atoms with Gasteiger partial charge in [-0.25, -0.2) is 0 Å². The summed E-state index contributed by atoms with van der Waals surface area (Å²) in [5, 5.41) is 7.97. The van der Waals surface area contributed by atoms with Crippen molar-refractivity contribution in [3.63, 3.8) is 0 Å². The molecule has 4 heteroatoms. The zero-order valence-corrected chi connectivity index (χ0v) is 13.7. The van der Waals surface area contributed by atoms with E-state index in [0.717, 1.165) is 21.6 Å². The van der Waals surface area contributed by atoms with Gasteiger partial charge in [-0.05, 0) is 66.9 Å². The lowest BCUT2D eigenvalue weighted by atomic mass is 10.0. The van der Waals surface area contributed by atoms with E-state index in [1.54, 1.807) is 0 Å². The van der Waals surface area contributed by atoms with Crippen LogP contribution >= 0.6 is 27.5 Å². The molecule has 2 N–H and O–H groups in total. The van der Waals surface area contributed by atoms with Crippen molar-refractivity contribution >= 4 is 33.2 Å². The van der Waals surface area contributed by atoms with Crippen molar-refractivity contribution < 1.29 is 0 Å². The van der Waals surface area contributed by atoms with E-state index in [0.29, 0.717) is 12.1 Å². The molecule has 1 saturated heterocycles. The summed E-state index contributed by atoms with van der Waals surface area (Å²) in [6.45, 7) is 3.41. The maximum Gasteiger partial charge on any atom is 0.0487 e. The Bertz CT molecular complexity index is 403. The van der Waals surface area contributed by atoms with Gasteiger partial charge < -0.3 is 10.6 Å². The van der Waals surface area contributed by atoms with Crippen molar-refractivity contribution in [2.24, 2.45) is 0 Å². The Kier molecular flexibility index (Phi) is 5.99. The third-order valence-corrected chi connectivity index (χ3v) is 4.52. The summed E-state index contributed by atoms with van der Waals surface area (Å²) in [5.41, 5.74) is 1.12. The smallest absolute Gasteiger partial charge is 0.0487 e. The maximum atomic E-state index is 5.96. The molecule has 0 bridgehead atoms. The molecule has 1 fully saturated rings. The third kappa shape index (κ3) is 4.97. The van der Waals surface area contributed by atoms with Gasteiger partial charge in [0.05, 0.1) is 0 Å². The van der Waals surface area contributed by atoms with Crippen LogP contribution in [0.3, 0.4) is 0 Å². The van der Waals surface area contributed by atoms with Gasteiger partial charge in [-0.2, -0.15) is 0 Å². The number of anilines is 1. The molecule has 0 radical (unpaired) electrons. The molecule has 0 amide bonds. The SMILES string of the molecule is CC(CC1CCCCCN1)Nc1ccc(Cl)cc1Br. The largest absolute Gasteiger partial charge is 0.382 e. The molecule has 2 rings (SSSR count). The van der Waals surface area contributed by atoms with E-state index >= 15 is 0 Å². The van der Waals surface area contributed by atoms with Crippen LogP contribution in [0.1, 0.15) is 39.0 Å². The molecule has 106 valence electrons. The van der Waals surface area contributed by atoms with Gasteiger partial charge in [-0.3, -0.25) is 0 Å². The van der Waals surface area contributed by atoms with Crippen molar-refractivity contribution in [1.82, 2.24) is 5.32 Å². The van der Waals surface area contributed by atoms with Crippen LogP contribution in [0.2, 0.25) is 5.02 Å². The van der Waals surface area contributed by atoms with E-state index < -0.39 is 0 Å². The maximum absolute atomic E-state index is 5.96. The highest BCUT2D eigenvalue weighted by Gasteiger charge is 2.15. The molecule has 1 aromatic rings. The molecule has 0 aromatic heterocycles. The van der Waals surface area contributed by atoms with Crippen LogP contribution in [-0.2, 0) is 0 Å². The van der Waals surface area contributed by atoms with Gasteiger partial charge in [-0.1, -0.05) is 24.4 Å². The summed E-state index contributed by atoms with van der Waals surface area (Å²) in [7, 11) is 0. The highest BCUT2D eigenvalue weighted by molar-refractivity contribution is 9.10. The Morgan fingerprint density at radius 2 is 2.26 bits per heavy atom. The Morgan fingerprint density at radius 3 is 3.05 bits per heavy atom. The monoisotopic (exact) mass is 344 g/mol. The summed E-state index contributed by atoms with van der Waals surface area (Å²) >= 11 is 9.51. The van der Waals surface area contributed by atoms with Crippen LogP contribution in [0, 0.1) is 0 Å². The summed E-state index contributed by atoms with van der Waals surface area (Å²) in [4.78, 5) is 0. The van der Waals surface area contributed by atoms with E-state index in [4.69, 9.17) is 11.6 Å². The van der Waals surface area contributed by atoms with Crippen molar-refractivity contribution in [3.8, 4) is 0 Å². The van der Waals surface area contributed by atoms with Crippen LogP contribution < -0.4 is 10.6 Å². The zero-order chi connectivity index (χ0) is 13.7. The van der Waals surface area contributed by atoms with E-state index in [9.17, 15) is 0 Å². The van der Waals surface area contributed by atoms with Crippen molar-refractivity contribution in [1.29, 1.82) is 0 Å². The van der Waals surface area contributed by atoms with Crippen LogP contribution in [0.4, 0.5) is 5.69 Å². The van der Waals surface area contributed by atoms with Crippen LogP contribution in [-0.4, -0.2) is 18.6 Å². The standard InChI is InChI=1S/C15H22BrClN2/c1-11(9-13-5-3-2-4-8-18-13)19-15-7-6-12(17)10-14(15)16/h6-7,10-11,13,18-19H,2-5,8-9H2,1H3. The molecule has 0 aliphatic carbocycles. The molecule has 0 spiro atoms. The number of nitrogens with one attached hydrogen (secondary N) is 2. The van der Waals surface area contributed by atoms with Crippen LogP contribution in [0.5, 0.6) is 0 Å². The summed E-state index contributed by atoms with van der Waals surface area (Å²) in [6.07, 6.45) is 6.51. The molecular formula is C15H22BrClN2. The molecular weight excluding hydrogens is 324 g/mol. The van der Waals surface area contributed by atoms with Crippen molar-refractivity contribution in [2.45, 2.75) is 51.1 Å². The first-order valence-corrected chi connectivity index (χ1v) is 8.27. The van der Waals surface area contributed by atoms with Crippen LogP contribution in [0.25, 0.3) is 0 Å². The second-order valence-corrected chi connectivity index (χ2v) is 6.70. The predicted octanol–water partition coefficient (Wildman–Crippen LogP) is 4.83. The lowest BCUT2D eigenvalue weighted by Crippen LogP contribution is -2.33. The molecule has 0 saturated carbocycles. The molecule has 2 unspecified atom stereocenters. The minimum atomic E-state index is 0.452. The second-order valence-electron chi connectivity index (χ2n) is 5.41. The van der Waals surface area contributed by atoms with Gasteiger partial charge in [0.2, 0.25) is 0 Å². The zero-order valence-electron chi connectivity index (χ0n) is 11.4. The molecule has 19 heavy (non-hydrogen) atoms. The van der Waals surface area contributed by atoms with Gasteiger partial charge in [0, 0.05) is 27.3 Å². The molecule has 1 aliphatic rings. The Morgan fingerprint density at radius 1 is 1.42 bits per heavy atom. The number of halogens is 2. The molecule has 1 aliphatic heterocycles. The number of benzene rings is 1. The first-order valence-electron chi connectivity index (χ1n) is 7.10. The van der Waals surface area contributed by atoms with Crippen molar-refractivity contribution in [3.05, 3.63) is 27.7 Å². The molecule has 1 heterocycles. The topological polar surface area (TPSA) is 24.1 Å². The van der Waals surface area contributed by atoms with Crippen LogP contribution in [0.15, 0.2) is 22.7 Å². The summed E-state index contributed by atoms with van der Waals surface area (Å²) in [5.74, 6) is 0.